The number of phenols is 1. The number of nitrogens with zero attached hydrogens (tertiary/aromatic N) is 1. The largest absolute Gasteiger partial charge is 0.508 e. The van der Waals surface area contributed by atoms with Crippen molar-refractivity contribution in [3.05, 3.63) is 58.4 Å². The fourth-order valence-electron chi connectivity index (χ4n) is 2.06. The highest BCUT2D eigenvalue weighted by Gasteiger charge is 2.04. The van der Waals surface area contributed by atoms with Gasteiger partial charge in [0, 0.05) is 12.4 Å². The second-order valence-corrected chi connectivity index (χ2v) is 4.64. The van der Waals surface area contributed by atoms with Gasteiger partial charge >= 0.3 is 5.97 Å². The van der Waals surface area contributed by atoms with Gasteiger partial charge < -0.3 is 10.2 Å². The quantitative estimate of drug-likeness (QED) is 0.897. The van der Waals surface area contributed by atoms with E-state index in [2.05, 4.69) is 4.98 Å². The van der Waals surface area contributed by atoms with Gasteiger partial charge in [-0.25, -0.2) is 4.79 Å². The van der Waals surface area contributed by atoms with E-state index >= 15 is 0 Å². The molecule has 102 valence electrons. The second kappa shape index (κ2) is 5.57. The number of pyridine rings is 1. The monoisotopic (exact) mass is 269 g/mol. The molecule has 0 atom stereocenters. The highest BCUT2D eigenvalue weighted by Crippen LogP contribution is 2.22. The molecule has 0 radical (unpaired) electrons. The van der Waals surface area contributed by atoms with E-state index in [1.54, 1.807) is 24.4 Å². The lowest BCUT2D eigenvalue weighted by atomic mass is 10.0. The zero-order valence-electron chi connectivity index (χ0n) is 11.3. The highest BCUT2D eigenvalue weighted by atomic mass is 16.4. The summed E-state index contributed by atoms with van der Waals surface area (Å²) in [6.45, 7) is 3.83. The van der Waals surface area contributed by atoms with Crippen LogP contribution in [-0.2, 0) is 0 Å². The molecule has 2 rings (SSSR count). The Morgan fingerprint density at radius 2 is 1.75 bits per heavy atom. The van der Waals surface area contributed by atoms with Gasteiger partial charge in [0.25, 0.3) is 0 Å². The lowest BCUT2D eigenvalue weighted by Crippen LogP contribution is -1.97. The van der Waals surface area contributed by atoms with Crippen molar-refractivity contribution >= 4 is 18.1 Å². The van der Waals surface area contributed by atoms with E-state index < -0.39 is 5.97 Å². The van der Waals surface area contributed by atoms with Crippen LogP contribution in [0.15, 0.2) is 30.6 Å². The molecule has 0 aliphatic heterocycles. The molecule has 1 aromatic carbocycles. The first-order valence-electron chi connectivity index (χ1n) is 6.14. The van der Waals surface area contributed by atoms with Crippen LogP contribution in [0.25, 0.3) is 12.2 Å². The van der Waals surface area contributed by atoms with Crippen molar-refractivity contribution in [2.24, 2.45) is 0 Å². The summed E-state index contributed by atoms with van der Waals surface area (Å²) in [5, 5.41) is 18.4. The van der Waals surface area contributed by atoms with E-state index in [1.165, 1.54) is 6.20 Å². The molecule has 0 saturated heterocycles. The molecule has 20 heavy (non-hydrogen) atoms. The Bertz CT molecular complexity index is 667. The third-order valence-corrected chi connectivity index (χ3v) is 3.03. The molecular weight excluding hydrogens is 254 g/mol. The van der Waals surface area contributed by atoms with Crippen molar-refractivity contribution in [3.8, 4) is 5.75 Å². The Kier molecular flexibility index (Phi) is 3.84. The predicted octanol–water partition coefficient (Wildman–Crippen LogP) is 3.27. The maximum atomic E-state index is 10.9. The summed E-state index contributed by atoms with van der Waals surface area (Å²) >= 11 is 0. The number of rotatable bonds is 3. The first-order valence-corrected chi connectivity index (χ1v) is 6.14. The summed E-state index contributed by atoms with van der Waals surface area (Å²) in [5.41, 5.74) is 3.80. The summed E-state index contributed by atoms with van der Waals surface area (Å²) in [4.78, 5) is 14.8. The van der Waals surface area contributed by atoms with Crippen LogP contribution in [0, 0.1) is 13.8 Å². The van der Waals surface area contributed by atoms with E-state index in [4.69, 9.17) is 5.11 Å². The Balaban J connectivity index is 2.35. The number of carboxylic acids is 1. The Morgan fingerprint density at radius 3 is 2.35 bits per heavy atom. The van der Waals surface area contributed by atoms with Crippen molar-refractivity contribution < 1.29 is 15.0 Å². The van der Waals surface area contributed by atoms with Crippen molar-refractivity contribution in [2.45, 2.75) is 13.8 Å². The van der Waals surface area contributed by atoms with Gasteiger partial charge in [0.1, 0.15) is 5.75 Å². The van der Waals surface area contributed by atoms with Gasteiger partial charge in [0.2, 0.25) is 0 Å². The topological polar surface area (TPSA) is 70.4 Å². The SMILES string of the molecule is Cc1cc(O)cc(C)c1/C=C/c1cncc(C(=O)O)c1. The van der Waals surface area contributed by atoms with Crippen LogP contribution in [-0.4, -0.2) is 21.2 Å². The molecule has 0 spiro atoms. The van der Waals surface area contributed by atoms with Gasteiger partial charge in [-0.15, -0.1) is 0 Å². The van der Waals surface area contributed by atoms with Crippen molar-refractivity contribution in [2.75, 3.05) is 0 Å². The molecule has 0 aliphatic carbocycles. The molecule has 0 fully saturated rings. The molecule has 2 aromatic rings. The second-order valence-electron chi connectivity index (χ2n) is 4.64. The normalized spacial score (nSPS) is 10.9. The van der Waals surface area contributed by atoms with Gasteiger partial charge in [0.05, 0.1) is 5.56 Å². The maximum absolute atomic E-state index is 10.9. The first kappa shape index (κ1) is 13.8. The number of aryl methyl sites for hydroxylation is 2. The minimum atomic E-state index is -0.996. The van der Waals surface area contributed by atoms with Crippen molar-refractivity contribution in [1.82, 2.24) is 4.98 Å². The van der Waals surface area contributed by atoms with Gasteiger partial charge in [-0.2, -0.15) is 0 Å². The van der Waals surface area contributed by atoms with E-state index in [0.717, 1.165) is 22.3 Å². The number of phenolic OH excluding ortho intramolecular Hbond substituents is 1. The van der Waals surface area contributed by atoms with Gasteiger partial charge in [-0.1, -0.05) is 12.2 Å². The molecule has 1 heterocycles. The standard InChI is InChI=1S/C16H15NO3/c1-10-5-14(18)6-11(2)15(10)4-3-12-7-13(16(19)20)9-17-8-12/h3-9,18H,1-2H3,(H,19,20)/b4-3+. The molecule has 0 bridgehead atoms. The number of carboxylic acid groups (broad SMARTS) is 1. The molecule has 0 unspecified atom stereocenters. The van der Waals surface area contributed by atoms with Crippen LogP contribution in [0.5, 0.6) is 5.75 Å². The van der Waals surface area contributed by atoms with Crippen LogP contribution in [0.3, 0.4) is 0 Å². The molecule has 4 nitrogen and oxygen atoms in total. The maximum Gasteiger partial charge on any atom is 0.337 e. The first-order chi connectivity index (χ1) is 9.47. The Hall–Kier alpha value is -2.62. The van der Waals surface area contributed by atoms with Crippen LogP contribution in [0.1, 0.15) is 32.6 Å². The van der Waals surface area contributed by atoms with Crippen LogP contribution < -0.4 is 0 Å². The van der Waals surface area contributed by atoms with Crippen LogP contribution >= 0.6 is 0 Å². The van der Waals surface area contributed by atoms with E-state index in [0.29, 0.717) is 0 Å². The predicted molar refractivity (Wildman–Crippen MR) is 77.7 cm³/mol. The molecule has 4 heteroatoms. The molecule has 0 aliphatic rings. The number of aromatic nitrogens is 1. The summed E-state index contributed by atoms with van der Waals surface area (Å²) in [6.07, 6.45) is 6.63. The Labute approximate surface area is 117 Å². The van der Waals surface area contributed by atoms with Gasteiger partial charge in [-0.3, -0.25) is 4.98 Å². The van der Waals surface area contributed by atoms with E-state index in [9.17, 15) is 9.90 Å². The minimum absolute atomic E-state index is 0.159. The lowest BCUT2D eigenvalue weighted by molar-refractivity contribution is 0.0696. The smallest absolute Gasteiger partial charge is 0.337 e. The average molecular weight is 269 g/mol. The third-order valence-electron chi connectivity index (χ3n) is 3.03. The highest BCUT2D eigenvalue weighted by molar-refractivity contribution is 5.88. The Morgan fingerprint density at radius 1 is 1.10 bits per heavy atom. The number of carbonyl (C=O) groups is 1. The zero-order chi connectivity index (χ0) is 14.7. The molecule has 0 saturated carbocycles. The lowest BCUT2D eigenvalue weighted by Gasteiger charge is -2.06. The molecule has 2 N–H and O–H groups in total. The molecule has 1 aromatic heterocycles. The summed E-state index contributed by atoms with van der Waals surface area (Å²) in [7, 11) is 0. The molecule has 0 amide bonds. The van der Waals surface area contributed by atoms with E-state index in [-0.39, 0.29) is 11.3 Å². The average Bonchev–Trinajstić information content (AvgIpc) is 2.37. The molecular formula is C16H15NO3. The van der Waals surface area contributed by atoms with Crippen LogP contribution in [0.4, 0.5) is 0 Å². The van der Waals surface area contributed by atoms with Crippen molar-refractivity contribution in [3.63, 3.8) is 0 Å². The van der Waals surface area contributed by atoms with Crippen molar-refractivity contribution in [1.29, 1.82) is 0 Å². The summed E-state index contributed by atoms with van der Waals surface area (Å²) in [6, 6.07) is 4.95. The summed E-state index contributed by atoms with van der Waals surface area (Å²) in [5.74, 6) is -0.753. The number of benzene rings is 1. The van der Waals surface area contributed by atoms with E-state index in [1.807, 2.05) is 26.0 Å². The fourth-order valence-corrected chi connectivity index (χ4v) is 2.06. The third kappa shape index (κ3) is 3.03. The number of aromatic hydroxyl groups is 1. The fraction of sp³-hybridized carbons (Fsp3) is 0.125. The zero-order valence-corrected chi connectivity index (χ0v) is 11.3. The van der Waals surface area contributed by atoms with Gasteiger partial charge in [-0.05, 0) is 54.3 Å². The van der Waals surface area contributed by atoms with Gasteiger partial charge in [0.15, 0.2) is 0 Å². The number of hydrogen-bond donors (Lipinski definition) is 2. The number of hydrogen-bond acceptors (Lipinski definition) is 3. The minimum Gasteiger partial charge on any atom is -0.508 e. The number of aromatic carboxylic acids is 1. The summed E-state index contributed by atoms with van der Waals surface area (Å²) < 4.78 is 0. The van der Waals surface area contributed by atoms with Crippen LogP contribution in [0.2, 0.25) is 0 Å².